The number of guanidine groups is 1. The van der Waals surface area contributed by atoms with E-state index in [0.717, 1.165) is 31.2 Å². The highest BCUT2D eigenvalue weighted by atomic mass is 16.6. The summed E-state index contributed by atoms with van der Waals surface area (Å²) < 4.78 is 5.24. The smallest absolute Gasteiger partial charge is 0.412 e. The first kappa shape index (κ1) is 19.1. The second-order valence-electron chi connectivity index (χ2n) is 7.25. The van der Waals surface area contributed by atoms with Crippen LogP contribution in [0.1, 0.15) is 46.1 Å². The number of nitrogens with zero attached hydrogens (tertiary/aromatic N) is 1. The number of anilines is 1. The van der Waals surface area contributed by atoms with Gasteiger partial charge in [-0.1, -0.05) is 12.1 Å². The van der Waals surface area contributed by atoms with Crippen molar-refractivity contribution < 1.29 is 9.53 Å². The zero-order valence-corrected chi connectivity index (χ0v) is 15.7. The van der Waals surface area contributed by atoms with Crippen LogP contribution in [0.3, 0.4) is 0 Å². The number of benzene rings is 1. The van der Waals surface area contributed by atoms with Gasteiger partial charge in [-0.3, -0.25) is 10.3 Å². The Bertz CT molecular complexity index is 586. The normalized spacial score (nSPS) is 14.8. The van der Waals surface area contributed by atoms with Crippen LogP contribution in [0.25, 0.3) is 0 Å². The summed E-state index contributed by atoms with van der Waals surface area (Å²) in [6.45, 7) is 9.19. The van der Waals surface area contributed by atoms with Crippen molar-refractivity contribution in [2.45, 2.75) is 58.6 Å². The fourth-order valence-corrected chi connectivity index (χ4v) is 2.21. The molecule has 2 rings (SSSR count). The Balaban J connectivity index is 1.80. The topological polar surface area (TPSA) is 74.8 Å². The summed E-state index contributed by atoms with van der Waals surface area (Å²) in [6.07, 6.45) is 2.88. The lowest BCUT2D eigenvalue weighted by molar-refractivity contribution is 0.0636. The maximum atomic E-state index is 11.7. The van der Waals surface area contributed by atoms with Crippen LogP contribution in [0, 0.1) is 0 Å². The Morgan fingerprint density at radius 2 is 1.92 bits per heavy atom. The van der Waals surface area contributed by atoms with E-state index < -0.39 is 11.7 Å². The van der Waals surface area contributed by atoms with E-state index in [2.05, 4.69) is 27.9 Å². The summed E-state index contributed by atoms with van der Waals surface area (Å²) in [5.74, 6) is 0.896. The van der Waals surface area contributed by atoms with Crippen molar-refractivity contribution in [2.24, 2.45) is 4.99 Å². The average molecular weight is 346 g/mol. The van der Waals surface area contributed by atoms with Crippen LogP contribution in [0.5, 0.6) is 0 Å². The maximum absolute atomic E-state index is 11.7. The van der Waals surface area contributed by atoms with Crippen LogP contribution in [0.2, 0.25) is 0 Å². The van der Waals surface area contributed by atoms with Crippen molar-refractivity contribution in [3.8, 4) is 0 Å². The van der Waals surface area contributed by atoms with Gasteiger partial charge in [0.1, 0.15) is 5.60 Å². The summed E-state index contributed by atoms with van der Waals surface area (Å²) in [5.41, 5.74) is 1.41. The van der Waals surface area contributed by atoms with E-state index >= 15 is 0 Å². The monoisotopic (exact) mass is 346 g/mol. The van der Waals surface area contributed by atoms with Crippen molar-refractivity contribution in [3.63, 3.8) is 0 Å². The Kier molecular flexibility index (Phi) is 6.67. The predicted octanol–water partition coefficient (Wildman–Crippen LogP) is 3.29. The molecule has 0 atom stereocenters. The Labute approximate surface area is 150 Å². The fourth-order valence-electron chi connectivity index (χ4n) is 2.21. The number of carbonyl (C=O) groups is 1. The van der Waals surface area contributed by atoms with E-state index in [-0.39, 0.29) is 0 Å². The Morgan fingerprint density at radius 3 is 2.48 bits per heavy atom. The molecule has 1 aromatic carbocycles. The average Bonchev–Trinajstić information content (AvgIpc) is 3.31. The molecule has 3 N–H and O–H groups in total. The molecule has 0 aromatic heterocycles. The third-order valence-electron chi connectivity index (χ3n) is 3.53. The molecule has 0 spiro atoms. The number of amides is 1. The maximum Gasteiger partial charge on any atom is 0.412 e. The molecule has 1 aliphatic rings. The molecule has 1 aromatic rings. The zero-order valence-electron chi connectivity index (χ0n) is 15.7. The van der Waals surface area contributed by atoms with Gasteiger partial charge < -0.3 is 15.4 Å². The summed E-state index contributed by atoms with van der Waals surface area (Å²) in [7, 11) is 0. The van der Waals surface area contributed by atoms with E-state index in [1.54, 1.807) is 0 Å². The Hall–Kier alpha value is -2.24. The summed E-state index contributed by atoms with van der Waals surface area (Å²) >= 11 is 0. The van der Waals surface area contributed by atoms with Crippen molar-refractivity contribution in [1.82, 2.24) is 10.6 Å². The number of carbonyl (C=O) groups excluding carboxylic acids is 1. The van der Waals surface area contributed by atoms with Gasteiger partial charge in [-0.15, -0.1) is 0 Å². The van der Waals surface area contributed by atoms with Crippen molar-refractivity contribution >= 4 is 17.7 Å². The molecule has 1 aliphatic carbocycles. The van der Waals surface area contributed by atoms with Gasteiger partial charge in [0.25, 0.3) is 0 Å². The minimum Gasteiger partial charge on any atom is -0.444 e. The first-order valence-electron chi connectivity index (χ1n) is 8.99. The van der Waals surface area contributed by atoms with Crippen LogP contribution in [-0.4, -0.2) is 36.8 Å². The summed E-state index contributed by atoms with van der Waals surface area (Å²) in [4.78, 5) is 16.4. The molecule has 0 radical (unpaired) electrons. The second-order valence-corrected chi connectivity index (χ2v) is 7.25. The van der Waals surface area contributed by atoms with E-state index in [0.29, 0.717) is 6.04 Å². The van der Waals surface area contributed by atoms with E-state index in [4.69, 9.17) is 4.74 Å². The summed E-state index contributed by atoms with van der Waals surface area (Å²) in [6, 6.07) is 8.37. The lowest BCUT2D eigenvalue weighted by atomic mass is 10.1. The van der Waals surface area contributed by atoms with E-state index in [9.17, 15) is 4.79 Å². The molecule has 6 heteroatoms. The van der Waals surface area contributed by atoms with E-state index in [1.165, 1.54) is 18.4 Å². The third-order valence-corrected chi connectivity index (χ3v) is 3.53. The molecule has 1 saturated carbocycles. The van der Waals surface area contributed by atoms with Crippen LogP contribution < -0.4 is 16.0 Å². The van der Waals surface area contributed by atoms with Crippen LogP contribution >= 0.6 is 0 Å². The van der Waals surface area contributed by atoms with Gasteiger partial charge in [0.15, 0.2) is 5.96 Å². The number of hydrogen-bond donors (Lipinski definition) is 3. The van der Waals surface area contributed by atoms with Gasteiger partial charge in [-0.2, -0.15) is 0 Å². The Morgan fingerprint density at radius 1 is 1.24 bits per heavy atom. The highest BCUT2D eigenvalue weighted by Gasteiger charge is 2.22. The molecule has 1 amide bonds. The van der Waals surface area contributed by atoms with Gasteiger partial charge in [0.2, 0.25) is 0 Å². The number of aliphatic imine (C=N–C) groups is 1. The molecule has 0 heterocycles. The lowest BCUT2D eigenvalue weighted by Crippen LogP contribution is -2.38. The van der Waals surface area contributed by atoms with Crippen molar-refractivity contribution in [3.05, 3.63) is 29.8 Å². The van der Waals surface area contributed by atoms with Crippen LogP contribution in [0.4, 0.5) is 10.5 Å². The SMILES string of the molecule is CCNC(=NCCc1ccc(NC(=O)OC(C)(C)C)cc1)NC1CC1. The van der Waals surface area contributed by atoms with Gasteiger partial charge in [-0.25, -0.2) is 4.79 Å². The highest BCUT2D eigenvalue weighted by molar-refractivity contribution is 5.84. The molecule has 138 valence electrons. The highest BCUT2D eigenvalue weighted by Crippen LogP contribution is 2.18. The molecule has 0 unspecified atom stereocenters. The minimum atomic E-state index is -0.499. The lowest BCUT2D eigenvalue weighted by Gasteiger charge is -2.19. The number of rotatable bonds is 6. The van der Waals surface area contributed by atoms with Crippen molar-refractivity contribution in [2.75, 3.05) is 18.4 Å². The van der Waals surface area contributed by atoms with Crippen LogP contribution in [-0.2, 0) is 11.2 Å². The first-order valence-corrected chi connectivity index (χ1v) is 8.99. The number of ether oxygens (including phenoxy) is 1. The summed E-state index contributed by atoms with van der Waals surface area (Å²) in [5, 5.41) is 9.41. The molecular formula is C19H30N4O2. The van der Waals surface area contributed by atoms with Crippen LogP contribution in [0.15, 0.2) is 29.3 Å². The quantitative estimate of drug-likeness (QED) is 0.546. The molecule has 0 aliphatic heterocycles. The molecule has 0 saturated heterocycles. The first-order chi connectivity index (χ1) is 11.9. The standard InChI is InChI=1S/C19H30N4O2/c1-5-20-17(22-15-10-11-15)21-13-12-14-6-8-16(9-7-14)23-18(24)25-19(2,3)4/h6-9,15H,5,10-13H2,1-4H3,(H,23,24)(H2,20,21,22). The second kappa shape index (κ2) is 8.74. The molecule has 0 bridgehead atoms. The largest absolute Gasteiger partial charge is 0.444 e. The van der Waals surface area contributed by atoms with Gasteiger partial charge in [-0.05, 0) is 64.7 Å². The van der Waals surface area contributed by atoms with Crippen molar-refractivity contribution in [1.29, 1.82) is 0 Å². The molecule has 25 heavy (non-hydrogen) atoms. The van der Waals surface area contributed by atoms with E-state index in [1.807, 2.05) is 45.0 Å². The zero-order chi connectivity index (χ0) is 18.3. The third kappa shape index (κ3) is 7.92. The van der Waals surface area contributed by atoms with Gasteiger partial charge >= 0.3 is 6.09 Å². The molecular weight excluding hydrogens is 316 g/mol. The van der Waals surface area contributed by atoms with Gasteiger partial charge in [0, 0.05) is 24.8 Å². The number of hydrogen-bond acceptors (Lipinski definition) is 3. The molecule has 1 fully saturated rings. The molecule has 6 nitrogen and oxygen atoms in total. The minimum absolute atomic E-state index is 0.439. The predicted molar refractivity (Wildman–Crippen MR) is 102 cm³/mol. The van der Waals surface area contributed by atoms with Gasteiger partial charge in [0.05, 0.1) is 0 Å². The fraction of sp³-hybridized carbons (Fsp3) is 0.579. The number of nitrogens with one attached hydrogen (secondary N) is 3.